The Bertz CT molecular complexity index is 559. The van der Waals surface area contributed by atoms with Crippen molar-refractivity contribution in [3.8, 4) is 5.75 Å². The van der Waals surface area contributed by atoms with E-state index in [4.69, 9.17) is 15.2 Å². The van der Waals surface area contributed by atoms with Crippen LogP contribution in [0.3, 0.4) is 0 Å². The molecular formula is C17H24N2O4. The highest BCUT2D eigenvalue weighted by atomic mass is 16.5. The van der Waals surface area contributed by atoms with Gasteiger partial charge in [0, 0.05) is 18.7 Å². The molecule has 0 radical (unpaired) electrons. The van der Waals surface area contributed by atoms with Gasteiger partial charge in [-0.1, -0.05) is 18.2 Å². The van der Waals surface area contributed by atoms with Gasteiger partial charge in [-0.25, -0.2) is 0 Å². The molecule has 0 bridgehead atoms. The molecule has 0 aromatic heterocycles. The van der Waals surface area contributed by atoms with Crippen LogP contribution < -0.4 is 10.5 Å². The van der Waals surface area contributed by atoms with Crippen LogP contribution in [0.4, 0.5) is 0 Å². The normalized spacial score (nSPS) is 17.5. The Hall–Kier alpha value is -2.08. The largest absolute Gasteiger partial charge is 0.491 e. The smallest absolute Gasteiger partial charge is 0.243 e. The number of hydrogen-bond acceptors (Lipinski definition) is 4. The molecule has 1 fully saturated rings. The lowest BCUT2D eigenvalue weighted by atomic mass is 10.1. The van der Waals surface area contributed by atoms with Crippen LogP contribution in [0.25, 0.3) is 0 Å². The molecule has 1 aromatic carbocycles. The number of para-hydroxylation sites is 1. The first kappa shape index (κ1) is 17.3. The van der Waals surface area contributed by atoms with E-state index >= 15 is 0 Å². The van der Waals surface area contributed by atoms with E-state index in [2.05, 4.69) is 0 Å². The fourth-order valence-electron chi connectivity index (χ4n) is 2.58. The van der Waals surface area contributed by atoms with Crippen molar-refractivity contribution in [3.63, 3.8) is 0 Å². The van der Waals surface area contributed by atoms with Crippen molar-refractivity contribution in [1.82, 2.24) is 4.90 Å². The number of carbonyl (C=O) groups is 2. The van der Waals surface area contributed by atoms with Crippen molar-refractivity contribution < 1.29 is 19.1 Å². The molecule has 0 spiro atoms. The van der Waals surface area contributed by atoms with Gasteiger partial charge in [-0.05, 0) is 26.3 Å². The zero-order valence-electron chi connectivity index (χ0n) is 13.7. The number of primary amides is 1. The maximum Gasteiger partial charge on any atom is 0.243 e. The third kappa shape index (κ3) is 5.25. The van der Waals surface area contributed by atoms with Gasteiger partial charge >= 0.3 is 0 Å². The van der Waals surface area contributed by atoms with Gasteiger partial charge in [0.1, 0.15) is 12.4 Å². The van der Waals surface area contributed by atoms with Crippen molar-refractivity contribution >= 4 is 11.8 Å². The first-order valence-electron chi connectivity index (χ1n) is 7.88. The van der Waals surface area contributed by atoms with Crippen LogP contribution in [0.15, 0.2) is 24.3 Å². The van der Waals surface area contributed by atoms with E-state index < -0.39 is 5.91 Å². The van der Waals surface area contributed by atoms with Gasteiger partial charge in [0.05, 0.1) is 18.6 Å². The van der Waals surface area contributed by atoms with Crippen molar-refractivity contribution in [2.75, 3.05) is 19.7 Å². The summed E-state index contributed by atoms with van der Waals surface area (Å²) in [6, 6.07) is 7.59. The molecule has 0 aliphatic carbocycles. The molecule has 0 unspecified atom stereocenters. The second-order valence-corrected chi connectivity index (χ2v) is 5.98. The molecule has 1 atom stereocenters. The second kappa shape index (κ2) is 7.97. The van der Waals surface area contributed by atoms with Crippen molar-refractivity contribution in [2.45, 2.75) is 38.9 Å². The van der Waals surface area contributed by atoms with Gasteiger partial charge in [-0.3, -0.25) is 9.59 Å². The second-order valence-electron chi connectivity index (χ2n) is 5.98. The molecule has 2 N–H and O–H groups in total. The summed E-state index contributed by atoms with van der Waals surface area (Å²) in [5, 5.41) is 0. The summed E-state index contributed by atoms with van der Waals surface area (Å²) in [6.45, 7) is 4.95. The number of likely N-dealkylation sites (tertiary alicyclic amines) is 1. The number of carbonyl (C=O) groups excluding carboxylic acids is 2. The fourth-order valence-corrected chi connectivity index (χ4v) is 2.58. The van der Waals surface area contributed by atoms with E-state index in [1.165, 1.54) is 0 Å². The van der Waals surface area contributed by atoms with Gasteiger partial charge in [-0.2, -0.15) is 0 Å². The van der Waals surface area contributed by atoms with Crippen LogP contribution in [-0.2, 0) is 20.7 Å². The highest BCUT2D eigenvalue weighted by molar-refractivity contribution is 5.80. The van der Waals surface area contributed by atoms with Gasteiger partial charge in [0.25, 0.3) is 0 Å². The number of rotatable bonds is 7. The summed E-state index contributed by atoms with van der Waals surface area (Å²) in [6.07, 6.45) is 0.965. The summed E-state index contributed by atoms with van der Waals surface area (Å²) in [7, 11) is 0. The molecule has 2 amide bonds. The number of benzene rings is 1. The minimum atomic E-state index is -0.491. The Balaban J connectivity index is 1.91. The van der Waals surface area contributed by atoms with Crippen molar-refractivity contribution in [2.24, 2.45) is 5.73 Å². The van der Waals surface area contributed by atoms with Gasteiger partial charge < -0.3 is 20.1 Å². The molecule has 1 aromatic rings. The number of nitrogens with zero attached hydrogens (tertiary/aromatic N) is 1. The van der Waals surface area contributed by atoms with Crippen LogP contribution in [0.2, 0.25) is 0 Å². The molecule has 0 saturated carbocycles. The molecule has 2 rings (SSSR count). The lowest BCUT2D eigenvalue weighted by Crippen LogP contribution is -2.32. The first-order valence-corrected chi connectivity index (χ1v) is 7.88. The zero-order valence-corrected chi connectivity index (χ0v) is 13.7. The lowest BCUT2D eigenvalue weighted by molar-refractivity contribution is -0.130. The number of nitrogens with two attached hydrogens (primary N) is 1. The predicted molar refractivity (Wildman–Crippen MR) is 86.0 cm³/mol. The Morgan fingerprint density at radius 3 is 2.78 bits per heavy atom. The fraction of sp³-hybridized carbons (Fsp3) is 0.529. The molecule has 6 nitrogen and oxygen atoms in total. The Morgan fingerprint density at radius 2 is 2.09 bits per heavy atom. The van der Waals surface area contributed by atoms with E-state index in [-0.39, 0.29) is 24.7 Å². The summed E-state index contributed by atoms with van der Waals surface area (Å²) >= 11 is 0. The molecule has 6 heteroatoms. The Kier molecular flexibility index (Phi) is 5.98. The predicted octanol–water partition coefficient (Wildman–Crippen LogP) is 1.12. The highest BCUT2D eigenvalue weighted by Gasteiger charge is 2.27. The van der Waals surface area contributed by atoms with E-state index in [1.807, 2.05) is 38.1 Å². The summed E-state index contributed by atoms with van der Waals surface area (Å²) < 4.78 is 11.1. The molecule has 126 valence electrons. The summed E-state index contributed by atoms with van der Waals surface area (Å²) in [5.41, 5.74) is 5.95. The maximum atomic E-state index is 12.5. The van der Waals surface area contributed by atoms with Crippen LogP contribution in [0.1, 0.15) is 25.8 Å². The minimum Gasteiger partial charge on any atom is -0.491 e. The summed E-state index contributed by atoms with van der Waals surface area (Å²) in [5.74, 6) is 0.293. The minimum absolute atomic E-state index is 0.0370. The Morgan fingerprint density at radius 1 is 1.35 bits per heavy atom. The van der Waals surface area contributed by atoms with E-state index in [0.717, 1.165) is 17.7 Å². The molecule has 1 aliphatic heterocycles. The highest BCUT2D eigenvalue weighted by Crippen LogP contribution is 2.22. The zero-order chi connectivity index (χ0) is 16.8. The number of amides is 2. The van der Waals surface area contributed by atoms with Crippen molar-refractivity contribution in [1.29, 1.82) is 0 Å². The standard InChI is InChI=1S/C17H24N2O4/c1-12(2)23-15-6-4-3-5-13(15)9-17(21)19-8-7-14(10-19)22-11-16(18)20/h3-6,12,14H,7-11H2,1-2H3,(H2,18,20)/t14-/m0/s1. The maximum absolute atomic E-state index is 12.5. The van der Waals surface area contributed by atoms with Crippen LogP contribution in [0, 0.1) is 0 Å². The molecule has 1 aliphatic rings. The van der Waals surface area contributed by atoms with E-state index in [9.17, 15) is 9.59 Å². The molecule has 1 heterocycles. The summed E-state index contributed by atoms with van der Waals surface area (Å²) in [4.78, 5) is 25.0. The van der Waals surface area contributed by atoms with Crippen LogP contribution >= 0.6 is 0 Å². The van der Waals surface area contributed by atoms with Gasteiger partial charge in [0.15, 0.2) is 0 Å². The third-order valence-electron chi connectivity index (χ3n) is 3.64. The number of ether oxygens (including phenoxy) is 2. The SMILES string of the molecule is CC(C)Oc1ccccc1CC(=O)N1CC[C@H](OCC(N)=O)C1. The molecule has 23 heavy (non-hydrogen) atoms. The Labute approximate surface area is 136 Å². The van der Waals surface area contributed by atoms with Gasteiger partial charge in [0.2, 0.25) is 11.8 Å². The topological polar surface area (TPSA) is 81.9 Å². The first-order chi connectivity index (χ1) is 11.0. The third-order valence-corrected chi connectivity index (χ3v) is 3.64. The molecular weight excluding hydrogens is 296 g/mol. The van der Waals surface area contributed by atoms with Crippen molar-refractivity contribution in [3.05, 3.63) is 29.8 Å². The monoisotopic (exact) mass is 320 g/mol. The van der Waals surface area contributed by atoms with E-state index in [0.29, 0.717) is 19.5 Å². The van der Waals surface area contributed by atoms with Crippen LogP contribution in [0.5, 0.6) is 5.75 Å². The molecule has 1 saturated heterocycles. The average molecular weight is 320 g/mol. The average Bonchev–Trinajstić information content (AvgIpc) is 2.95. The lowest BCUT2D eigenvalue weighted by Gasteiger charge is -2.18. The van der Waals surface area contributed by atoms with Crippen LogP contribution in [-0.4, -0.2) is 48.6 Å². The number of hydrogen-bond donors (Lipinski definition) is 1. The van der Waals surface area contributed by atoms with Gasteiger partial charge in [-0.15, -0.1) is 0 Å². The van der Waals surface area contributed by atoms with E-state index in [1.54, 1.807) is 4.90 Å². The quantitative estimate of drug-likeness (QED) is 0.816.